The lowest BCUT2D eigenvalue weighted by molar-refractivity contribution is -0.0758. The fraction of sp³-hybridized carbons (Fsp3) is 0.310. The highest BCUT2D eigenvalue weighted by atomic mass is 32.2. The Bertz CT molecular complexity index is 1470. The van der Waals surface area contributed by atoms with Crippen molar-refractivity contribution in [3.8, 4) is 28.7 Å². The van der Waals surface area contributed by atoms with Crippen LogP contribution in [0.3, 0.4) is 0 Å². The topological polar surface area (TPSA) is 117 Å². The molecular weight excluding hydrogens is 504 g/mol. The maximum Gasteiger partial charge on any atom is 0.253 e. The lowest BCUT2D eigenvalue weighted by Crippen LogP contribution is -2.67. The van der Waals surface area contributed by atoms with E-state index in [1.165, 1.54) is 0 Å². The molecular formula is C29H28N2O6S. The van der Waals surface area contributed by atoms with Gasteiger partial charge in [0.1, 0.15) is 17.1 Å². The van der Waals surface area contributed by atoms with Crippen LogP contribution in [0.5, 0.6) is 11.5 Å². The molecule has 0 bridgehead atoms. The Hall–Kier alpha value is -3.87. The van der Waals surface area contributed by atoms with Crippen molar-refractivity contribution >= 4 is 15.7 Å². The number of hydrogen-bond acceptors (Lipinski definition) is 7. The van der Waals surface area contributed by atoms with E-state index < -0.39 is 20.9 Å². The second-order valence-electron chi connectivity index (χ2n) is 10.1. The number of nitriles is 1. The first-order chi connectivity index (χ1) is 18.2. The van der Waals surface area contributed by atoms with Gasteiger partial charge in [0.25, 0.3) is 5.91 Å². The molecule has 1 unspecified atom stereocenters. The second kappa shape index (κ2) is 9.78. The van der Waals surface area contributed by atoms with Crippen LogP contribution in [0.4, 0.5) is 0 Å². The summed E-state index contributed by atoms with van der Waals surface area (Å²) in [4.78, 5) is 14.9. The largest absolute Gasteiger partial charge is 0.497 e. The number of methoxy groups -OCH3 is 1. The highest BCUT2D eigenvalue weighted by Crippen LogP contribution is 2.47. The van der Waals surface area contributed by atoms with E-state index in [4.69, 9.17) is 14.7 Å². The van der Waals surface area contributed by atoms with Crippen LogP contribution in [-0.2, 0) is 9.84 Å². The van der Waals surface area contributed by atoms with Crippen molar-refractivity contribution in [2.24, 2.45) is 5.41 Å². The number of rotatable bonds is 7. The predicted octanol–water partition coefficient (Wildman–Crippen LogP) is 3.30. The van der Waals surface area contributed by atoms with E-state index in [0.29, 0.717) is 35.6 Å². The van der Waals surface area contributed by atoms with Crippen LogP contribution in [0.15, 0.2) is 72.8 Å². The first-order valence-corrected chi connectivity index (χ1v) is 14.1. The van der Waals surface area contributed by atoms with Gasteiger partial charge in [0, 0.05) is 18.7 Å². The maximum atomic E-state index is 13.2. The van der Waals surface area contributed by atoms with Crippen LogP contribution in [0.1, 0.15) is 22.3 Å². The van der Waals surface area contributed by atoms with Crippen LogP contribution >= 0.6 is 0 Å². The molecule has 3 aromatic carbocycles. The van der Waals surface area contributed by atoms with Gasteiger partial charge < -0.3 is 19.5 Å². The highest BCUT2D eigenvalue weighted by Gasteiger charge is 2.63. The first-order valence-electron chi connectivity index (χ1n) is 12.3. The van der Waals surface area contributed by atoms with Crippen molar-refractivity contribution in [2.75, 3.05) is 38.3 Å². The summed E-state index contributed by atoms with van der Waals surface area (Å²) in [6.07, 6.45) is 0.421. The molecule has 1 amide bonds. The van der Waals surface area contributed by atoms with E-state index in [2.05, 4.69) is 6.07 Å². The van der Waals surface area contributed by atoms with Crippen LogP contribution in [-0.4, -0.2) is 68.2 Å². The summed E-state index contributed by atoms with van der Waals surface area (Å²) >= 11 is 0. The van der Waals surface area contributed by atoms with Crippen LogP contribution in [0.25, 0.3) is 11.1 Å². The number of benzene rings is 3. The summed E-state index contributed by atoms with van der Waals surface area (Å²) in [5, 5.41) is 20.4. The number of hydrogen-bond donors (Lipinski definition) is 1. The first kappa shape index (κ1) is 25.8. The third-order valence-electron chi connectivity index (χ3n) is 7.60. The number of sulfone groups is 1. The SMILES string of the molecule is COc1ccc(C(=O)N2CCC(COc3ccc(-c4ccc(C#N)cc4)cc3)(C3(O)CS(=O)(=O)C3)C2)cc1. The molecule has 38 heavy (non-hydrogen) atoms. The van der Waals surface area contributed by atoms with Gasteiger partial charge in [0.2, 0.25) is 0 Å². The standard InChI is InChI=1S/C29H28N2O6S/c1-36-25-10-8-24(9-11-25)27(32)31-15-14-28(17-31,29(33)19-38(34,35)20-29)18-37-26-12-6-23(7-13-26)22-4-2-21(16-30)3-5-22/h2-13,33H,14-15,17-20H2,1H3. The van der Waals surface area contributed by atoms with E-state index in [9.17, 15) is 18.3 Å². The summed E-state index contributed by atoms with van der Waals surface area (Å²) in [6.45, 7) is 0.642. The van der Waals surface area contributed by atoms with Gasteiger partial charge in [-0.05, 0) is 66.1 Å². The van der Waals surface area contributed by atoms with E-state index in [1.54, 1.807) is 48.4 Å². The van der Waals surface area contributed by atoms with Crippen LogP contribution < -0.4 is 9.47 Å². The molecule has 9 heteroatoms. The van der Waals surface area contributed by atoms with E-state index in [0.717, 1.165) is 11.1 Å². The maximum absolute atomic E-state index is 13.2. The molecule has 0 aromatic heterocycles. The molecule has 3 aromatic rings. The number of aliphatic hydroxyl groups is 1. The third-order valence-corrected chi connectivity index (χ3v) is 9.43. The molecule has 1 N–H and O–H groups in total. The Balaban J connectivity index is 1.33. The van der Waals surface area contributed by atoms with Gasteiger partial charge in [-0.1, -0.05) is 24.3 Å². The van der Waals surface area contributed by atoms with E-state index >= 15 is 0 Å². The predicted molar refractivity (Wildman–Crippen MR) is 142 cm³/mol. The zero-order valence-electron chi connectivity index (χ0n) is 21.0. The Labute approximate surface area is 222 Å². The highest BCUT2D eigenvalue weighted by molar-refractivity contribution is 7.93. The average molecular weight is 533 g/mol. The number of nitrogens with zero attached hydrogens (tertiary/aromatic N) is 2. The van der Waals surface area contributed by atoms with Crippen LogP contribution in [0, 0.1) is 16.7 Å². The summed E-state index contributed by atoms with van der Waals surface area (Å²) in [5.74, 6) is 0.348. The smallest absolute Gasteiger partial charge is 0.253 e. The molecule has 8 nitrogen and oxygen atoms in total. The van der Waals surface area contributed by atoms with Gasteiger partial charge in [-0.2, -0.15) is 5.26 Å². The van der Waals surface area contributed by atoms with Crippen molar-refractivity contribution in [1.82, 2.24) is 4.90 Å². The number of carbonyl (C=O) groups is 1. The van der Waals surface area contributed by atoms with Crippen molar-refractivity contribution < 1.29 is 27.8 Å². The fourth-order valence-corrected chi connectivity index (χ4v) is 7.27. The van der Waals surface area contributed by atoms with Gasteiger partial charge >= 0.3 is 0 Å². The minimum Gasteiger partial charge on any atom is -0.497 e. The molecule has 2 saturated heterocycles. The third kappa shape index (κ3) is 4.85. The Kier molecular flexibility index (Phi) is 6.63. The van der Waals surface area contributed by atoms with Gasteiger partial charge in [0.15, 0.2) is 9.84 Å². The summed E-state index contributed by atoms with van der Waals surface area (Å²) < 4.78 is 35.4. The Morgan fingerprint density at radius 3 is 2.11 bits per heavy atom. The summed E-state index contributed by atoms with van der Waals surface area (Å²) in [7, 11) is -1.77. The number of amides is 1. The number of likely N-dealkylation sites (tertiary alicyclic amines) is 1. The summed E-state index contributed by atoms with van der Waals surface area (Å²) in [6, 6.07) is 23.6. The van der Waals surface area contributed by atoms with Crippen molar-refractivity contribution in [3.05, 3.63) is 83.9 Å². The van der Waals surface area contributed by atoms with Crippen molar-refractivity contribution in [1.29, 1.82) is 5.26 Å². The zero-order valence-corrected chi connectivity index (χ0v) is 21.8. The lowest BCUT2D eigenvalue weighted by Gasteiger charge is -2.49. The monoisotopic (exact) mass is 532 g/mol. The van der Waals surface area contributed by atoms with Crippen molar-refractivity contribution in [3.63, 3.8) is 0 Å². The molecule has 0 spiro atoms. The van der Waals surface area contributed by atoms with Gasteiger partial charge in [-0.3, -0.25) is 4.79 Å². The quantitative estimate of drug-likeness (QED) is 0.496. The van der Waals surface area contributed by atoms with Gasteiger partial charge in [-0.25, -0.2) is 8.42 Å². The Morgan fingerprint density at radius 2 is 1.55 bits per heavy atom. The zero-order chi connectivity index (χ0) is 27.0. The van der Waals surface area contributed by atoms with Crippen molar-refractivity contribution in [2.45, 2.75) is 12.0 Å². The summed E-state index contributed by atoms with van der Waals surface area (Å²) in [5.41, 5.74) is 0.608. The second-order valence-corrected chi connectivity index (χ2v) is 12.1. The molecule has 5 rings (SSSR count). The Morgan fingerprint density at radius 1 is 0.974 bits per heavy atom. The molecule has 2 heterocycles. The molecule has 1 atom stereocenters. The molecule has 196 valence electrons. The number of carbonyl (C=O) groups excluding carboxylic acids is 1. The number of ether oxygens (including phenoxy) is 2. The molecule has 2 aliphatic rings. The lowest BCUT2D eigenvalue weighted by atomic mass is 9.72. The van der Waals surface area contributed by atoms with Gasteiger partial charge in [-0.15, -0.1) is 0 Å². The molecule has 2 aliphatic heterocycles. The molecule has 0 aliphatic carbocycles. The van der Waals surface area contributed by atoms with E-state index in [1.807, 2.05) is 36.4 Å². The fourth-order valence-electron chi connectivity index (χ4n) is 5.29. The minimum atomic E-state index is -3.33. The molecule has 0 radical (unpaired) electrons. The molecule has 0 saturated carbocycles. The van der Waals surface area contributed by atoms with Crippen LogP contribution in [0.2, 0.25) is 0 Å². The molecule has 2 fully saturated rings. The normalized spacial score (nSPS) is 21.2. The minimum absolute atomic E-state index is 0.0711. The van der Waals surface area contributed by atoms with E-state index in [-0.39, 0.29) is 30.6 Å². The average Bonchev–Trinajstić information content (AvgIpc) is 3.37. The van der Waals surface area contributed by atoms with Gasteiger partial charge in [0.05, 0.1) is 42.3 Å².